The normalized spacial score (nSPS) is 10.2. The molecule has 0 saturated carbocycles. The summed E-state index contributed by atoms with van der Waals surface area (Å²) in [4.78, 5) is 12.0. The van der Waals surface area contributed by atoms with Gasteiger partial charge in [-0.05, 0) is 36.4 Å². The van der Waals surface area contributed by atoms with Crippen LogP contribution in [0.25, 0.3) is 0 Å². The molecule has 2 aromatic rings. The first-order chi connectivity index (χ1) is 10.0. The topological polar surface area (TPSA) is 61.5 Å². The highest BCUT2D eigenvalue weighted by atomic mass is 35.5. The van der Waals surface area contributed by atoms with Crippen molar-refractivity contribution in [2.75, 3.05) is 12.8 Å². The van der Waals surface area contributed by atoms with E-state index in [4.69, 9.17) is 38.4 Å². The van der Waals surface area contributed by atoms with E-state index in [-0.39, 0.29) is 6.61 Å². The Balaban J connectivity index is 2.10. The molecular formula is C15H13Cl2NO3. The number of carbonyl (C=O) groups excluding carboxylic acids is 1. The van der Waals surface area contributed by atoms with Crippen molar-refractivity contribution >= 4 is 34.9 Å². The van der Waals surface area contributed by atoms with Crippen LogP contribution in [0.4, 0.5) is 5.69 Å². The molecule has 0 heterocycles. The number of halogens is 2. The van der Waals surface area contributed by atoms with E-state index in [9.17, 15) is 4.79 Å². The van der Waals surface area contributed by atoms with E-state index in [0.29, 0.717) is 32.6 Å². The summed E-state index contributed by atoms with van der Waals surface area (Å²) < 4.78 is 10.3. The van der Waals surface area contributed by atoms with Crippen molar-refractivity contribution in [3.63, 3.8) is 0 Å². The number of hydrogen-bond donors (Lipinski definition) is 1. The van der Waals surface area contributed by atoms with Crippen molar-refractivity contribution in [1.29, 1.82) is 0 Å². The maximum Gasteiger partial charge on any atom is 0.338 e. The van der Waals surface area contributed by atoms with Gasteiger partial charge in [-0.3, -0.25) is 0 Å². The second-order valence-corrected chi connectivity index (χ2v) is 5.11. The highest BCUT2D eigenvalue weighted by molar-refractivity contribution is 6.33. The molecule has 2 aromatic carbocycles. The van der Waals surface area contributed by atoms with Gasteiger partial charge in [-0.25, -0.2) is 4.79 Å². The number of esters is 1. The van der Waals surface area contributed by atoms with Gasteiger partial charge in [0.1, 0.15) is 12.4 Å². The van der Waals surface area contributed by atoms with Crippen molar-refractivity contribution in [1.82, 2.24) is 0 Å². The van der Waals surface area contributed by atoms with Gasteiger partial charge in [0.25, 0.3) is 0 Å². The van der Waals surface area contributed by atoms with Crippen molar-refractivity contribution in [2.45, 2.75) is 6.61 Å². The first kappa shape index (κ1) is 15.5. The van der Waals surface area contributed by atoms with Crippen molar-refractivity contribution in [3.05, 3.63) is 57.6 Å². The number of rotatable bonds is 4. The minimum absolute atomic E-state index is 0.0327. The Morgan fingerprint density at radius 1 is 1.19 bits per heavy atom. The Hall–Kier alpha value is -1.91. The van der Waals surface area contributed by atoms with Gasteiger partial charge >= 0.3 is 5.97 Å². The SMILES string of the molecule is COc1cc(C(=O)OCc2cc(Cl)ccc2Cl)ccc1N. The van der Waals surface area contributed by atoms with Crippen LogP contribution in [0.5, 0.6) is 5.75 Å². The molecule has 0 unspecified atom stereocenters. The molecule has 4 nitrogen and oxygen atoms in total. The Morgan fingerprint density at radius 3 is 2.67 bits per heavy atom. The van der Waals surface area contributed by atoms with Gasteiger partial charge in [-0.2, -0.15) is 0 Å². The van der Waals surface area contributed by atoms with Gasteiger partial charge < -0.3 is 15.2 Å². The molecule has 0 bridgehead atoms. The van der Waals surface area contributed by atoms with Crippen LogP contribution in [0.15, 0.2) is 36.4 Å². The summed E-state index contributed by atoms with van der Waals surface area (Å²) in [5.41, 5.74) is 7.13. The van der Waals surface area contributed by atoms with Crippen LogP contribution in [0.1, 0.15) is 15.9 Å². The lowest BCUT2D eigenvalue weighted by atomic mass is 10.2. The molecule has 2 N–H and O–H groups in total. The predicted molar refractivity (Wildman–Crippen MR) is 83.0 cm³/mol. The van der Waals surface area contributed by atoms with Crippen molar-refractivity contribution < 1.29 is 14.3 Å². The van der Waals surface area contributed by atoms with E-state index in [1.54, 1.807) is 30.3 Å². The summed E-state index contributed by atoms with van der Waals surface area (Å²) in [6.07, 6.45) is 0. The molecule has 0 spiro atoms. The molecule has 0 fully saturated rings. The fourth-order valence-electron chi connectivity index (χ4n) is 1.72. The minimum Gasteiger partial charge on any atom is -0.495 e. The number of anilines is 1. The zero-order chi connectivity index (χ0) is 15.4. The van der Waals surface area contributed by atoms with E-state index < -0.39 is 5.97 Å². The van der Waals surface area contributed by atoms with E-state index >= 15 is 0 Å². The maximum atomic E-state index is 12.0. The molecule has 110 valence electrons. The van der Waals surface area contributed by atoms with E-state index in [2.05, 4.69) is 0 Å². The van der Waals surface area contributed by atoms with Crippen LogP contribution < -0.4 is 10.5 Å². The van der Waals surface area contributed by atoms with Gasteiger partial charge in [0.15, 0.2) is 0 Å². The zero-order valence-electron chi connectivity index (χ0n) is 11.2. The Bertz CT molecular complexity index is 674. The van der Waals surface area contributed by atoms with Crippen molar-refractivity contribution in [2.24, 2.45) is 0 Å². The van der Waals surface area contributed by atoms with Crippen LogP contribution in [0.2, 0.25) is 10.0 Å². The van der Waals surface area contributed by atoms with Gasteiger partial charge in [0.05, 0.1) is 18.4 Å². The molecule has 2 rings (SSSR count). The first-order valence-corrected chi connectivity index (χ1v) is 6.81. The van der Waals surface area contributed by atoms with Crippen LogP contribution in [0.3, 0.4) is 0 Å². The lowest BCUT2D eigenvalue weighted by molar-refractivity contribution is 0.0472. The van der Waals surface area contributed by atoms with Gasteiger partial charge in [-0.15, -0.1) is 0 Å². The molecule has 0 saturated heterocycles. The van der Waals surface area contributed by atoms with Crippen molar-refractivity contribution in [3.8, 4) is 5.75 Å². The monoisotopic (exact) mass is 325 g/mol. The number of benzene rings is 2. The summed E-state index contributed by atoms with van der Waals surface area (Å²) in [5.74, 6) is -0.0745. The van der Waals surface area contributed by atoms with Crippen LogP contribution in [0, 0.1) is 0 Å². The second kappa shape index (κ2) is 6.70. The lowest BCUT2D eigenvalue weighted by Crippen LogP contribution is -2.06. The summed E-state index contributed by atoms with van der Waals surface area (Å²) in [7, 11) is 1.48. The predicted octanol–water partition coefficient (Wildman–Crippen LogP) is 3.94. The highest BCUT2D eigenvalue weighted by Gasteiger charge is 2.11. The van der Waals surface area contributed by atoms with Gasteiger partial charge in [0.2, 0.25) is 0 Å². The summed E-state index contributed by atoms with van der Waals surface area (Å²) in [5, 5.41) is 1.02. The molecule has 21 heavy (non-hydrogen) atoms. The Kier molecular flexibility index (Phi) is 4.94. The Morgan fingerprint density at radius 2 is 1.95 bits per heavy atom. The lowest BCUT2D eigenvalue weighted by Gasteiger charge is -2.09. The van der Waals surface area contributed by atoms with Crippen LogP contribution >= 0.6 is 23.2 Å². The summed E-state index contributed by atoms with van der Waals surface area (Å²) in [6, 6.07) is 9.65. The highest BCUT2D eigenvalue weighted by Crippen LogP contribution is 2.24. The number of nitrogens with two attached hydrogens (primary N) is 1. The van der Waals surface area contributed by atoms with Gasteiger partial charge in [-0.1, -0.05) is 23.2 Å². The zero-order valence-corrected chi connectivity index (χ0v) is 12.7. The summed E-state index contributed by atoms with van der Waals surface area (Å²) >= 11 is 11.9. The summed E-state index contributed by atoms with van der Waals surface area (Å²) in [6.45, 7) is 0.0327. The van der Waals surface area contributed by atoms with E-state index in [1.807, 2.05) is 0 Å². The average Bonchev–Trinajstić information content (AvgIpc) is 2.48. The minimum atomic E-state index is -0.496. The van der Waals surface area contributed by atoms with E-state index in [0.717, 1.165) is 0 Å². The fraction of sp³-hybridized carbons (Fsp3) is 0.133. The smallest absolute Gasteiger partial charge is 0.338 e. The number of methoxy groups -OCH3 is 1. The third-order valence-corrected chi connectivity index (χ3v) is 3.44. The quantitative estimate of drug-likeness (QED) is 0.683. The van der Waals surface area contributed by atoms with Gasteiger partial charge in [0, 0.05) is 15.6 Å². The first-order valence-electron chi connectivity index (χ1n) is 6.06. The molecular weight excluding hydrogens is 313 g/mol. The van der Waals surface area contributed by atoms with E-state index in [1.165, 1.54) is 13.2 Å². The average molecular weight is 326 g/mol. The third-order valence-electron chi connectivity index (χ3n) is 2.84. The molecule has 0 atom stereocenters. The standard InChI is InChI=1S/C15H13Cl2NO3/c1-20-14-7-9(2-5-13(14)18)15(19)21-8-10-6-11(16)3-4-12(10)17/h2-7H,8,18H2,1H3. The molecule has 0 aliphatic heterocycles. The number of carbonyl (C=O) groups is 1. The molecule has 0 aromatic heterocycles. The largest absolute Gasteiger partial charge is 0.495 e. The molecule has 0 radical (unpaired) electrons. The Labute approximate surface area is 132 Å². The molecule has 0 amide bonds. The maximum absolute atomic E-state index is 12.0. The molecule has 0 aliphatic rings. The van der Waals surface area contributed by atoms with Crippen LogP contribution in [-0.2, 0) is 11.3 Å². The molecule has 0 aliphatic carbocycles. The second-order valence-electron chi connectivity index (χ2n) is 4.27. The number of nitrogen functional groups attached to an aromatic ring is 1. The van der Waals surface area contributed by atoms with Crippen LogP contribution in [-0.4, -0.2) is 13.1 Å². The number of hydrogen-bond acceptors (Lipinski definition) is 4. The molecule has 6 heteroatoms. The number of ether oxygens (including phenoxy) is 2. The fourth-order valence-corrected chi connectivity index (χ4v) is 2.09. The third kappa shape index (κ3) is 3.80.